The number of benzene rings is 2. The van der Waals surface area contributed by atoms with Crippen LogP contribution in [0.4, 0.5) is 5.69 Å². The molecule has 0 bridgehead atoms. The molecular formula is C22H24N4O2. The van der Waals surface area contributed by atoms with Crippen molar-refractivity contribution in [3.63, 3.8) is 0 Å². The van der Waals surface area contributed by atoms with E-state index in [4.69, 9.17) is 5.73 Å². The van der Waals surface area contributed by atoms with Gasteiger partial charge in [0.1, 0.15) is 0 Å². The maximum Gasteiger partial charge on any atom is 0.249 e. The summed E-state index contributed by atoms with van der Waals surface area (Å²) < 4.78 is 0. The topological polar surface area (TPSA) is 96.2 Å². The quantitative estimate of drug-likeness (QED) is 0.594. The number of carbonyl (C=O) groups is 2. The molecule has 1 fully saturated rings. The molecule has 144 valence electrons. The van der Waals surface area contributed by atoms with E-state index in [1.807, 2.05) is 30.3 Å². The largest absolute Gasteiger partial charge is 0.366 e. The predicted molar refractivity (Wildman–Crippen MR) is 110 cm³/mol. The van der Waals surface area contributed by atoms with E-state index in [1.54, 1.807) is 18.2 Å². The molecule has 1 saturated heterocycles. The Kier molecular flexibility index (Phi) is 6.79. The second kappa shape index (κ2) is 9.70. The third-order valence-electron chi connectivity index (χ3n) is 4.55. The highest BCUT2D eigenvalue weighted by Crippen LogP contribution is 2.10. The molecule has 2 amide bonds. The highest BCUT2D eigenvalue weighted by molar-refractivity contribution is 5.95. The maximum absolute atomic E-state index is 12.1. The number of nitrogens with one attached hydrogen (secondary N) is 3. The van der Waals surface area contributed by atoms with Crippen LogP contribution < -0.4 is 21.7 Å². The summed E-state index contributed by atoms with van der Waals surface area (Å²) in [5, 5.41) is 9.46. The Morgan fingerprint density at radius 1 is 1.11 bits per heavy atom. The molecule has 2 aromatic rings. The van der Waals surface area contributed by atoms with Crippen molar-refractivity contribution < 1.29 is 9.59 Å². The van der Waals surface area contributed by atoms with Crippen LogP contribution >= 0.6 is 0 Å². The average molecular weight is 376 g/mol. The summed E-state index contributed by atoms with van der Waals surface area (Å²) in [5.41, 5.74) is 7.86. The van der Waals surface area contributed by atoms with Gasteiger partial charge in [0.05, 0.1) is 12.1 Å². The highest BCUT2D eigenvalue weighted by atomic mass is 16.2. The molecule has 1 heterocycles. The number of amides is 2. The Hall–Kier alpha value is -3.14. The fraction of sp³-hybridized carbons (Fsp3) is 0.273. The van der Waals surface area contributed by atoms with Crippen LogP contribution in [-0.4, -0.2) is 37.5 Å². The molecule has 2 aromatic carbocycles. The third kappa shape index (κ3) is 5.68. The summed E-state index contributed by atoms with van der Waals surface area (Å²) in [6.45, 7) is 2.24. The van der Waals surface area contributed by atoms with E-state index in [9.17, 15) is 9.59 Å². The van der Waals surface area contributed by atoms with Crippen LogP contribution in [0.25, 0.3) is 0 Å². The lowest BCUT2D eigenvalue weighted by Crippen LogP contribution is -2.45. The predicted octanol–water partition coefficient (Wildman–Crippen LogP) is 1.47. The van der Waals surface area contributed by atoms with Crippen LogP contribution in [0.15, 0.2) is 48.5 Å². The molecule has 6 nitrogen and oxygen atoms in total. The fourth-order valence-corrected chi connectivity index (χ4v) is 3.05. The number of rotatable bonds is 5. The zero-order chi connectivity index (χ0) is 19.8. The third-order valence-corrected chi connectivity index (χ3v) is 4.55. The van der Waals surface area contributed by atoms with E-state index in [1.165, 1.54) is 0 Å². The van der Waals surface area contributed by atoms with Crippen LogP contribution in [0.5, 0.6) is 0 Å². The lowest BCUT2D eigenvalue weighted by Gasteiger charge is -2.23. The number of piperidine rings is 1. The first-order valence-corrected chi connectivity index (χ1v) is 9.37. The first kappa shape index (κ1) is 19.6. The summed E-state index contributed by atoms with van der Waals surface area (Å²) in [4.78, 5) is 23.5. The zero-order valence-corrected chi connectivity index (χ0v) is 15.6. The number of carbonyl (C=O) groups excluding carboxylic acids is 2. The summed E-state index contributed by atoms with van der Waals surface area (Å²) >= 11 is 0. The van der Waals surface area contributed by atoms with Gasteiger partial charge in [-0.05, 0) is 55.8 Å². The number of hydrogen-bond donors (Lipinski definition) is 4. The average Bonchev–Trinajstić information content (AvgIpc) is 2.72. The number of anilines is 1. The van der Waals surface area contributed by atoms with Crippen LogP contribution in [-0.2, 0) is 4.79 Å². The molecule has 1 unspecified atom stereocenters. The Balaban J connectivity index is 1.55. The van der Waals surface area contributed by atoms with Crippen LogP contribution in [0, 0.1) is 11.8 Å². The summed E-state index contributed by atoms with van der Waals surface area (Å²) in [5.74, 6) is 5.42. The summed E-state index contributed by atoms with van der Waals surface area (Å²) in [7, 11) is 0. The maximum atomic E-state index is 12.1. The Labute approximate surface area is 164 Å². The Morgan fingerprint density at radius 3 is 2.61 bits per heavy atom. The molecule has 1 atom stereocenters. The standard InChI is InChI=1S/C22H24N4O2/c23-22(28)20-6-2-1-4-17(20)10-7-16-8-11-18(12-9-16)26-21(27)15-25-19-5-3-13-24-14-19/h1-2,4,6,8-9,11-12,19,24-25H,3,5,13-15H2,(H2,23,28)(H,26,27). The smallest absolute Gasteiger partial charge is 0.249 e. The van der Waals surface area contributed by atoms with Gasteiger partial charge in [0.25, 0.3) is 0 Å². The molecule has 1 aliphatic heterocycles. The highest BCUT2D eigenvalue weighted by Gasteiger charge is 2.13. The zero-order valence-electron chi connectivity index (χ0n) is 15.6. The fourth-order valence-electron chi connectivity index (χ4n) is 3.05. The van der Waals surface area contributed by atoms with Crippen LogP contribution in [0.1, 0.15) is 34.3 Å². The molecule has 0 radical (unpaired) electrons. The van der Waals surface area contributed by atoms with Gasteiger partial charge in [-0.2, -0.15) is 0 Å². The van der Waals surface area contributed by atoms with Crippen molar-refractivity contribution in [3.8, 4) is 11.8 Å². The first-order valence-electron chi connectivity index (χ1n) is 9.37. The molecule has 0 saturated carbocycles. The lowest BCUT2D eigenvalue weighted by molar-refractivity contribution is -0.115. The van der Waals surface area contributed by atoms with Gasteiger partial charge in [-0.15, -0.1) is 0 Å². The normalized spacial score (nSPS) is 15.9. The number of hydrogen-bond acceptors (Lipinski definition) is 4. The van der Waals surface area contributed by atoms with Gasteiger partial charge >= 0.3 is 0 Å². The second-order valence-corrected chi connectivity index (χ2v) is 6.71. The number of nitrogens with two attached hydrogens (primary N) is 1. The van der Waals surface area contributed by atoms with Crippen molar-refractivity contribution >= 4 is 17.5 Å². The van der Waals surface area contributed by atoms with E-state index >= 15 is 0 Å². The number of primary amides is 1. The summed E-state index contributed by atoms with van der Waals surface area (Å²) in [6.07, 6.45) is 2.22. The molecule has 6 heteroatoms. The van der Waals surface area contributed by atoms with Gasteiger partial charge in [0, 0.05) is 29.4 Å². The van der Waals surface area contributed by atoms with Gasteiger partial charge in [-0.1, -0.05) is 24.0 Å². The van der Waals surface area contributed by atoms with Gasteiger partial charge in [-0.3, -0.25) is 9.59 Å². The molecule has 0 aromatic heterocycles. The van der Waals surface area contributed by atoms with Crippen molar-refractivity contribution in [1.82, 2.24) is 10.6 Å². The minimum atomic E-state index is -0.499. The second-order valence-electron chi connectivity index (χ2n) is 6.71. The van der Waals surface area contributed by atoms with E-state index in [0.717, 1.165) is 37.2 Å². The minimum Gasteiger partial charge on any atom is -0.366 e. The van der Waals surface area contributed by atoms with Crippen molar-refractivity contribution in [2.24, 2.45) is 5.73 Å². The van der Waals surface area contributed by atoms with E-state index in [0.29, 0.717) is 17.2 Å². The molecular weight excluding hydrogens is 352 g/mol. The van der Waals surface area contributed by atoms with E-state index < -0.39 is 5.91 Å². The van der Waals surface area contributed by atoms with Crippen LogP contribution in [0.2, 0.25) is 0 Å². The molecule has 0 aliphatic carbocycles. The van der Waals surface area contributed by atoms with Crippen LogP contribution in [0.3, 0.4) is 0 Å². The molecule has 5 N–H and O–H groups in total. The molecule has 28 heavy (non-hydrogen) atoms. The van der Waals surface area contributed by atoms with Crippen molar-refractivity contribution in [2.75, 3.05) is 25.0 Å². The van der Waals surface area contributed by atoms with E-state index in [2.05, 4.69) is 27.8 Å². The minimum absolute atomic E-state index is 0.0696. The molecule has 3 rings (SSSR count). The Morgan fingerprint density at radius 2 is 1.89 bits per heavy atom. The SMILES string of the molecule is NC(=O)c1ccccc1C#Cc1ccc(NC(=O)CNC2CCCNC2)cc1. The molecule has 1 aliphatic rings. The van der Waals surface area contributed by atoms with Crippen molar-refractivity contribution in [2.45, 2.75) is 18.9 Å². The molecule has 0 spiro atoms. The van der Waals surface area contributed by atoms with E-state index in [-0.39, 0.29) is 12.5 Å². The Bertz CT molecular complexity index is 891. The van der Waals surface area contributed by atoms with Gasteiger partial charge in [-0.25, -0.2) is 0 Å². The monoisotopic (exact) mass is 376 g/mol. The van der Waals surface area contributed by atoms with Gasteiger partial charge < -0.3 is 21.7 Å². The van der Waals surface area contributed by atoms with Crippen molar-refractivity contribution in [3.05, 3.63) is 65.2 Å². The lowest BCUT2D eigenvalue weighted by atomic mass is 10.1. The van der Waals surface area contributed by atoms with Gasteiger partial charge in [0.15, 0.2) is 0 Å². The van der Waals surface area contributed by atoms with Gasteiger partial charge in [0.2, 0.25) is 11.8 Å². The summed E-state index contributed by atoms with van der Waals surface area (Å²) in [6, 6.07) is 14.6. The first-order chi connectivity index (χ1) is 13.6. The van der Waals surface area contributed by atoms with Crippen molar-refractivity contribution in [1.29, 1.82) is 0 Å².